The average Bonchev–Trinajstić information content (AvgIpc) is 3.16. The molecule has 2 amide bonds. The van der Waals surface area contributed by atoms with E-state index in [0.717, 1.165) is 28.4 Å². The summed E-state index contributed by atoms with van der Waals surface area (Å²) >= 11 is 0. The fourth-order valence-corrected chi connectivity index (χ4v) is 3.96. The third-order valence-corrected chi connectivity index (χ3v) is 5.77. The first-order valence-electron chi connectivity index (χ1n) is 10.7. The summed E-state index contributed by atoms with van der Waals surface area (Å²) in [6.07, 6.45) is 5.81. The number of hydrogen-bond donors (Lipinski definition) is 1. The molecule has 176 valence electrons. The Kier molecular flexibility index (Phi) is 6.45. The van der Waals surface area contributed by atoms with Crippen LogP contribution in [0.4, 0.5) is 14.5 Å². The lowest BCUT2D eigenvalue weighted by atomic mass is 10.1. The predicted molar refractivity (Wildman–Crippen MR) is 121 cm³/mol. The van der Waals surface area contributed by atoms with Crippen molar-refractivity contribution in [2.75, 3.05) is 38.2 Å². The molecule has 4 rings (SSSR count). The lowest BCUT2D eigenvalue weighted by molar-refractivity contribution is -0.131. The van der Waals surface area contributed by atoms with Gasteiger partial charge in [-0.15, -0.1) is 0 Å². The van der Waals surface area contributed by atoms with Gasteiger partial charge in [-0.05, 0) is 23.8 Å². The lowest BCUT2D eigenvalue weighted by Gasteiger charge is -2.27. The van der Waals surface area contributed by atoms with Gasteiger partial charge in [0.2, 0.25) is 5.91 Å². The number of ether oxygens (including phenoxy) is 1. The SMILES string of the molecule is CN1CCOc2cc(/C=C/c3cnccc3C(=O)NCC(=O)N3CC(F)(F)C[C@H]3C#N)ccc21. The van der Waals surface area contributed by atoms with E-state index in [1.165, 1.54) is 18.5 Å². The zero-order valence-electron chi connectivity index (χ0n) is 18.5. The molecular weight excluding hydrogens is 444 g/mol. The minimum absolute atomic E-state index is 0.275. The summed E-state index contributed by atoms with van der Waals surface area (Å²) in [7, 11) is 2.00. The van der Waals surface area contributed by atoms with Crippen LogP contribution in [0.5, 0.6) is 5.75 Å². The molecule has 0 unspecified atom stereocenters. The molecule has 1 N–H and O–H groups in total. The number of anilines is 1. The molecule has 2 aliphatic heterocycles. The van der Waals surface area contributed by atoms with Crippen molar-refractivity contribution in [3.05, 3.63) is 53.3 Å². The highest BCUT2D eigenvalue weighted by molar-refractivity contribution is 6.00. The summed E-state index contributed by atoms with van der Waals surface area (Å²) in [5.74, 6) is -3.62. The summed E-state index contributed by atoms with van der Waals surface area (Å²) in [5, 5.41) is 11.5. The number of alkyl halides is 2. The molecule has 0 aliphatic carbocycles. The molecule has 2 aliphatic rings. The molecule has 1 saturated heterocycles. The summed E-state index contributed by atoms with van der Waals surface area (Å²) < 4.78 is 32.9. The molecule has 2 aromatic rings. The van der Waals surface area contributed by atoms with E-state index < -0.39 is 43.3 Å². The van der Waals surface area contributed by atoms with E-state index >= 15 is 0 Å². The molecule has 3 heterocycles. The molecule has 0 spiro atoms. The van der Waals surface area contributed by atoms with Crippen molar-refractivity contribution in [2.45, 2.75) is 18.4 Å². The predicted octanol–water partition coefficient (Wildman–Crippen LogP) is 2.57. The van der Waals surface area contributed by atoms with E-state index in [9.17, 15) is 18.4 Å². The molecule has 1 aromatic carbocycles. The molecular formula is C24H23F2N5O3. The van der Waals surface area contributed by atoms with Gasteiger partial charge in [-0.3, -0.25) is 14.6 Å². The second-order valence-corrected chi connectivity index (χ2v) is 8.20. The van der Waals surface area contributed by atoms with E-state index in [2.05, 4.69) is 15.2 Å². The van der Waals surface area contributed by atoms with Crippen molar-refractivity contribution < 1.29 is 23.1 Å². The van der Waals surface area contributed by atoms with E-state index in [1.54, 1.807) is 12.1 Å². The fraction of sp³-hybridized carbons (Fsp3) is 0.333. The molecule has 1 fully saturated rings. The van der Waals surface area contributed by atoms with Crippen LogP contribution in [0.25, 0.3) is 12.2 Å². The van der Waals surface area contributed by atoms with Crippen molar-refractivity contribution in [2.24, 2.45) is 0 Å². The van der Waals surface area contributed by atoms with Crippen molar-refractivity contribution in [3.63, 3.8) is 0 Å². The number of nitrogens with zero attached hydrogens (tertiary/aromatic N) is 4. The van der Waals surface area contributed by atoms with Gasteiger partial charge in [0.25, 0.3) is 11.8 Å². The van der Waals surface area contributed by atoms with Gasteiger partial charge in [0.1, 0.15) is 18.4 Å². The van der Waals surface area contributed by atoms with Crippen LogP contribution in [-0.4, -0.2) is 67.0 Å². The van der Waals surface area contributed by atoms with Gasteiger partial charge in [0.05, 0.1) is 31.4 Å². The first kappa shape index (κ1) is 23.2. The van der Waals surface area contributed by atoms with Gasteiger partial charge in [0, 0.05) is 37.0 Å². The molecule has 0 bridgehead atoms. The Morgan fingerprint density at radius 3 is 2.97 bits per heavy atom. The molecule has 10 heteroatoms. The maximum atomic E-state index is 13.6. The Hall–Kier alpha value is -4.00. The number of carbonyl (C=O) groups is 2. The van der Waals surface area contributed by atoms with Crippen LogP contribution in [0.15, 0.2) is 36.7 Å². The number of hydrogen-bond acceptors (Lipinski definition) is 6. The van der Waals surface area contributed by atoms with Crippen LogP contribution in [0.3, 0.4) is 0 Å². The number of carbonyl (C=O) groups excluding carboxylic acids is 2. The number of likely N-dealkylation sites (N-methyl/N-ethyl adjacent to an activating group) is 1. The number of halogens is 2. The number of amides is 2. The van der Waals surface area contributed by atoms with E-state index in [4.69, 9.17) is 10.00 Å². The highest BCUT2D eigenvalue weighted by Gasteiger charge is 2.47. The second kappa shape index (κ2) is 9.47. The van der Waals surface area contributed by atoms with Gasteiger partial charge in [0.15, 0.2) is 0 Å². The van der Waals surface area contributed by atoms with Gasteiger partial charge in [-0.25, -0.2) is 8.78 Å². The third-order valence-electron chi connectivity index (χ3n) is 5.77. The van der Waals surface area contributed by atoms with Crippen molar-refractivity contribution >= 4 is 29.7 Å². The van der Waals surface area contributed by atoms with Crippen LogP contribution in [0.2, 0.25) is 0 Å². The van der Waals surface area contributed by atoms with Crippen LogP contribution >= 0.6 is 0 Å². The number of rotatable bonds is 5. The summed E-state index contributed by atoms with van der Waals surface area (Å²) in [6.45, 7) is 0.0976. The first-order chi connectivity index (χ1) is 16.3. The summed E-state index contributed by atoms with van der Waals surface area (Å²) in [4.78, 5) is 32.1. The van der Waals surface area contributed by atoms with Crippen LogP contribution in [0.1, 0.15) is 27.9 Å². The number of pyridine rings is 1. The minimum Gasteiger partial charge on any atom is -0.490 e. The van der Waals surface area contributed by atoms with Crippen LogP contribution in [0, 0.1) is 11.3 Å². The fourth-order valence-electron chi connectivity index (χ4n) is 3.96. The topological polar surface area (TPSA) is 98.6 Å². The van der Waals surface area contributed by atoms with Crippen molar-refractivity contribution in [1.29, 1.82) is 5.26 Å². The van der Waals surface area contributed by atoms with E-state index in [1.807, 2.05) is 31.3 Å². The molecule has 8 nitrogen and oxygen atoms in total. The number of fused-ring (bicyclic) bond motifs is 1. The number of likely N-dealkylation sites (tertiary alicyclic amines) is 1. The zero-order chi connectivity index (χ0) is 24.3. The normalized spacial score (nSPS) is 18.8. The van der Waals surface area contributed by atoms with Gasteiger partial charge in [-0.1, -0.05) is 18.2 Å². The Balaban J connectivity index is 1.44. The number of nitriles is 1. The Morgan fingerprint density at radius 2 is 2.18 bits per heavy atom. The van der Waals surface area contributed by atoms with E-state index in [-0.39, 0.29) is 5.56 Å². The summed E-state index contributed by atoms with van der Waals surface area (Å²) in [6, 6.07) is 7.83. The molecule has 0 radical (unpaired) electrons. The number of aromatic nitrogens is 1. The van der Waals surface area contributed by atoms with Gasteiger partial charge in [-0.2, -0.15) is 5.26 Å². The largest absolute Gasteiger partial charge is 0.490 e. The quantitative estimate of drug-likeness (QED) is 0.726. The Labute approximate surface area is 195 Å². The number of benzene rings is 1. The van der Waals surface area contributed by atoms with Crippen molar-refractivity contribution in [1.82, 2.24) is 15.2 Å². The monoisotopic (exact) mass is 467 g/mol. The third kappa shape index (κ3) is 4.98. The minimum atomic E-state index is -3.11. The molecule has 1 atom stereocenters. The Morgan fingerprint density at radius 1 is 1.35 bits per heavy atom. The highest BCUT2D eigenvalue weighted by atomic mass is 19.3. The number of nitrogens with one attached hydrogen (secondary N) is 1. The average molecular weight is 467 g/mol. The molecule has 0 saturated carbocycles. The maximum Gasteiger partial charge on any atom is 0.268 e. The second-order valence-electron chi connectivity index (χ2n) is 8.20. The lowest BCUT2D eigenvalue weighted by Crippen LogP contribution is -2.43. The zero-order valence-corrected chi connectivity index (χ0v) is 18.5. The van der Waals surface area contributed by atoms with Gasteiger partial charge < -0.3 is 19.9 Å². The van der Waals surface area contributed by atoms with Crippen LogP contribution in [-0.2, 0) is 4.79 Å². The van der Waals surface area contributed by atoms with Crippen LogP contribution < -0.4 is 15.0 Å². The standard InChI is InChI=1S/C24H23F2N5O3/c1-30-8-9-34-21-10-16(3-5-20(21)30)2-4-17-13-28-7-6-19(17)23(33)29-14-22(32)31-15-24(25,26)11-18(31)12-27/h2-7,10,13,18H,8-9,11,14-15H2,1H3,(H,29,33)/b4-2+/t18-/m0/s1. The maximum absolute atomic E-state index is 13.6. The first-order valence-corrected chi connectivity index (χ1v) is 10.7. The molecule has 1 aromatic heterocycles. The van der Waals surface area contributed by atoms with Crippen molar-refractivity contribution in [3.8, 4) is 11.8 Å². The molecule has 34 heavy (non-hydrogen) atoms. The Bertz CT molecular complexity index is 1180. The highest BCUT2D eigenvalue weighted by Crippen LogP contribution is 2.32. The summed E-state index contributed by atoms with van der Waals surface area (Å²) in [5.41, 5.74) is 2.67. The van der Waals surface area contributed by atoms with Gasteiger partial charge >= 0.3 is 0 Å². The van der Waals surface area contributed by atoms with E-state index in [0.29, 0.717) is 12.2 Å². The smallest absolute Gasteiger partial charge is 0.268 e.